The average molecular weight is 519 g/mol. The number of carbonyl (C=O) groups is 2. The van der Waals surface area contributed by atoms with Crippen molar-refractivity contribution in [3.8, 4) is 0 Å². The average Bonchev–Trinajstić information content (AvgIpc) is 2.90. The smallest absolute Gasteiger partial charge is 0.324 e. The number of para-hydroxylation sites is 1. The van der Waals surface area contributed by atoms with E-state index in [2.05, 4.69) is 25.8 Å². The summed E-state index contributed by atoms with van der Waals surface area (Å²) in [5.41, 5.74) is 2.74. The summed E-state index contributed by atoms with van der Waals surface area (Å²) >= 11 is 6.23. The standard InChI is InChI=1S/C27H24ClFN6O2/c28-18-6-11-22-23(16-18)32-25(33-26(36)30-20-4-2-1-3-5-20)17-24(22)34-12-14-35(15-13-34)27(37)31-21-9-7-19(29)8-10-21/h1-11,16-17H,12-15H2,(H,31,37)(H2,30,32,33,36). The third kappa shape index (κ3) is 5.90. The molecule has 0 unspecified atom stereocenters. The monoisotopic (exact) mass is 518 g/mol. The van der Waals surface area contributed by atoms with Crippen LogP contribution in [0.25, 0.3) is 10.9 Å². The molecule has 1 fully saturated rings. The van der Waals surface area contributed by atoms with Gasteiger partial charge in [0, 0.05) is 59.7 Å². The van der Waals surface area contributed by atoms with Crippen LogP contribution >= 0.6 is 11.6 Å². The van der Waals surface area contributed by atoms with Crippen LogP contribution < -0.4 is 20.9 Å². The van der Waals surface area contributed by atoms with Crippen molar-refractivity contribution in [1.29, 1.82) is 0 Å². The molecule has 0 radical (unpaired) electrons. The van der Waals surface area contributed by atoms with Crippen LogP contribution in [-0.4, -0.2) is 48.1 Å². The van der Waals surface area contributed by atoms with E-state index in [0.29, 0.717) is 53.9 Å². The third-order valence-electron chi connectivity index (χ3n) is 6.03. The number of piperazine rings is 1. The second-order valence-electron chi connectivity index (χ2n) is 8.54. The van der Waals surface area contributed by atoms with Gasteiger partial charge in [0.2, 0.25) is 0 Å². The first kappa shape index (κ1) is 24.3. The van der Waals surface area contributed by atoms with Gasteiger partial charge < -0.3 is 20.4 Å². The molecule has 37 heavy (non-hydrogen) atoms. The Morgan fingerprint density at radius 1 is 0.811 bits per heavy atom. The molecule has 1 aromatic heterocycles. The van der Waals surface area contributed by atoms with Crippen molar-refractivity contribution >= 4 is 57.4 Å². The number of aromatic nitrogens is 1. The van der Waals surface area contributed by atoms with Crippen molar-refractivity contribution in [1.82, 2.24) is 9.88 Å². The number of fused-ring (bicyclic) bond motifs is 1. The molecule has 188 valence electrons. The molecule has 10 heteroatoms. The van der Waals surface area contributed by atoms with Gasteiger partial charge in [-0.15, -0.1) is 0 Å². The Morgan fingerprint density at radius 2 is 1.51 bits per heavy atom. The van der Waals surface area contributed by atoms with Crippen LogP contribution in [0.15, 0.2) is 78.9 Å². The molecular formula is C27H24ClFN6O2. The maximum Gasteiger partial charge on any atom is 0.324 e. The van der Waals surface area contributed by atoms with Gasteiger partial charge >= 0.3 is 12.1 Å². The Morgan fingerprint density at radius 3 is 2.24 bits per heavy atom. The van der Waals surface area contributed by atoms with Crippen molar-refractivity contribution in [3.05, 3.63) is 89.7 Å². The van der Waals surface area contributed by atoms with Crippen LogP contribution in [0, 0.1) is 5.82 Å². The number of carbonyl (C=O) groups excluding carboxylic acids is 2. The van der Waals surface area contributed by atoms with Gasteiger partial charge in [-0.25, -0.2) is 19.0 Å². The summed E-state index contributed by atoms with van der Waals surface area (Å²) in [6, 6.07) is 21.4. The molecule has 2 heterocycles. The van der Waals surface area contributed by atoms with Crippen molar-refractivity contribution in [2.24, 2.45) is 0 Å². The number of rotatable bonds is 4. The number of anilines is 4. The van der Waals surface area contributed by atoms with E-state index in [0.717, 1.165) is 11.1 Å². The molecule has 0 atom stereocenters. The molecular weight excluding hydrogens is 495 g/mol. The van der Waals surface area contributed by atoms with E-state index in [9.17, 15) is 14.0 Å². The van der Waals surface area contributed by atoms with Crippen LogP contribution in [0.3, 0.4) is 0 Å². The predicted octanol–water partition coefficient (Wildman–Crippen LogP) is 6.03. The molecule has 1 aliphatic heterocycles. The summed E-state index contributed by atoms with van der Waals surface area (Å²) in [6.07, 6.45) is 0. The predicted molar refractivity (Wildman–Crippen MR) is 145 cm³/mol. The van der Waals surface area contributed by atoms with E-state index in [1.54, 1.807) is 29.2 Å². The molecule has 0 aliphatic carbocycles. The van der Waals surface area contributed by atoms with Gasteiger partial charge in [-0.1, -0.05) is 29.8 Å². The van der Waals surface area contributed by atoms with Gasteiger partial charge in [-0.05, 0) is 54.6 Å². The van der Waals surface area contributed by atoms with E-state index in [1.807, 2.05) is 30.3 Å². The minimum Gasteiger partial charge on any atom is -0.367 e. The summed E-state index contributed by atoms with van der Waals surface area (Å²) in [4.78, 5) is 33.7. The van der Waals surface area contributed by atoms with Gasteiger partial charge in [0.1, 0.15) is 11.6 Å². The second kappa shape index (κ2) is 10.7. The van der Waals surface area contributed by atoms with Crippen molar-refractivity contribution in [2.45, 2.75) is 0 Å². The van der Waals surface area contributed by atoms with Gasteiger partial charge in [0.25, 0.3) is 0 Å². The fourth-order valence-electron chi connectivity index (χ4n) is 4.20. The molecule has 8 nitrogen and oxygen atoms in total. The summed E-state index contributed by atoms with van der Waals surface area (Å²) in [6.45, 7) is 2.13. The van der Waals surface area contributed by atoms with E-state index in [-0.39, 0.29) is 11.8 Å². The van der Waals surface area contributed by atoms with Crippen molar-refractivity contribution < 1.29 is 14.0 Å². The Labute approximate surface area is 218 Å². The minimum absolute atomic E-state index is 0.238. The zero-order valence-corrected chi connectivity index (χ0v) is 20.5. The van der Waals surface area contributed by atoms with Crippen LogP contribution in [-0.2, 0) is 0 Å². The number of urea groups is 2. The fourth-order valence-corrected chi connectivity index (χ4v) is 4.36. The van der Waals surface area contributed by atoms with Crippen LogP contribution in [0.4, 0.5) is 36.9 Å². The highest BCUT2D eigenvalue weighted by molar-refractivity contribution is 6.31. The SMILES string of the molecule is O=C(Nc1ccccc1)Nc1cc(N2CCN(C(=O)Nc3ccc(F)cc3)CC2)c2ccc(Cl)cc2n1. The highest BCUT2D eigenvalue weighted by Gasteiger charge is 2.23. The van der Waals surface area contributed by atoms with E-state index in [4.69, 9.17) is 11.6 Å². The molecule has 3 N–H and O–H groups in total. The Hall–Kier alpha value is -4.37. The number of nitrogens with one attached hydrogen (secondary N) is 3. The van der Waals surface area contributed by atoms with Gasteiger partial charge in [-0.2, -0.15) is 0 Å². The van der Waals surface area contributed by atoms with Gasteiger partial charge in [0.15, 0.2) is 0 Å². The summed E-state index contributed by atoms with van der Waals surface area (Å²) in [7, 11) is 0. The number of benzene rings is 3. The first-order valence-electron chi connectivity index (χ1n) is 11.7. The molecule has 4 amide bonds. The maximum atomic E-state index is 13.1. The van der Waals surface area contributed by atoms with Crippen LogP contribution in [0.2, 0.25) is 5.02 Å². The number of halogens is 2. The lowest BCUT2D eigenvalue weighted by molar-refractivity contribution is 0.208. The molecule has 0 spiro atoms. The zero-order valence-electron chi connectivity index (χ0n) is 19.7. The maximum absolute atomic E-state index is 13.1. The first-order chi connectivity index (χ1) is 17.9. The van der Waals surface area contributed by atoms with E-state index < -0.39 is 6.03 Å². The summed E-state index contributed by atoms with van der Waals surface area (Å²) in [5.74, 6) is 0.0264. The van der Waals surface area contributed by atoms with Crippen molar-refractivity contribution in [3.63, 3.8) is 0 Å². The molecule has 0 bridgehead atoms. The quantitative estimate of drug-likeness (QED) is 0.308. The Bertz CT molecular complexity index is 1430. The summed E-state index contributed by atoms with van der Waals surface area (Å²) < 4.78 is 13.1. The molecule has 1 aliphatic rings. The largest absolute Gasteiger partial charge is 0.367 e. The topological polar surface area (TPSA) is 89.6 Å². The molecule has 3 aromatic carbocycles. The first-order valence-corrected chi connectivity index (χ1v) is 12.1. The van der Waals surface area contributed by atoms with Gasteiger partial charge in [-0.3, -0.25) is 5.32 Å². The number of pyridine rings is 1. The van der Waals surface area contributed by atoms with E-state index in [1.165, 1.54) is 24.3 Å². The number of amides is 4. The Kier molecular flexibility index (Phi) is 7.04. The number of nitrogens with zero attached hydrogens (tertiary/aromatic N) is 3. The number of hydrogen-bond donors (Lipinski definition) is 3. The fraction of sp³-hybridized carbons (Fsp3) is 0.148. The van der Waals surface area contributed by atoms with Crippen LogP contribution in [0.5, 0.6) is 0 Å². The molecule has 4 aromatic rings. The number of hydrogen-bond acceptors (Lipinski definition) is 4. The normalized spacial score (nSPS) is 13.4. The second-order valence-corrected chi connectivity index (χ2v) is 8.98. The van der Waals surface area contributed by atoms with Crippen molar-refractivity contribution in [2.75, 3.05) is 47.0 Å². The Balaban J connectivity index is 1.31. The molecule has 1 saturated heterocycles. The minimum atomic E-state index is -0.409. The lowest BCUT2D eigenvalue weighted by Gasteiger charge is -2.36. The molecule has 5 rings (SSSR count). The zero-order chi connectivity index (χ0) is 25.8. The summed E-state index contributed by atoms with van der Waals surface area (Å²) in [5, 5.41) is 9.83. The lowest BCUT2D eigenvalue weighted by Crippen LogP contribution is -2.50. The highest BCUT2D eigenvalue weighted by Crippen LogP contribution is 2.31. The van der Waals surface area contributed by atoms with Crippen LogP contribution in [0.1, 0.15) is 0 Å². The molecule has 0 saturated carbocycles. The van der Waals surface area contributed by atoms with E-state index >= 15 is 0 Å². The lowest BCUT2D eigenvalue weighted by atomic mass is 10.1. The third-order valence-corrected chi connectivity index (χ3v) is 6.26. The van der Waals surface area contributed by atoms with Gasteiger partial charge in [0.05, 0.1) is 5.52 Å². The highest BCUT2D eigenvalue weighted by atomic mass is 35.5.